The Morgan fingerprint density at radius 2 is 1.89 bits per heavy atom. The van der Waals surface area contributed by atoms with E-state index in [0.717, 1.165) is 47.8 Å². The number of Topliss-reactive ketones (excluding diaryl/α,β-unsaturated/α-hetero) is 1. The second kappa shape index (κ2) is 4.82. The molecular weight excluding hydrogens is 238 g/mol. The fraction of sp³-hybridized carbons (Fsp3) is 0.438. The largest absolute Gasteiger partial charge is 0.393 e. The zero-order chi connectivity index (χ0) is 13.4. The molecule has 3 rings (SSSR count). The van der Waals surface area contributed by atoms with Gasteiger partial charge in [-0.15, -0.1) is 0 Å². The van der Waals surface area contributed by atoms with Crippen LogP contribution in [0, 0.1) is 12.8 Å². The van der Waals surface area contributed by atoms with Crippen LogP contribution in [0.4, 0.5) is 0 Å². The van der Waals surface area contributed by atoms with Crippen LogP contribution in [0.15, 0.2) is 24.3 Å². The first kappa shape index (κ1) is 12.4. The van der Waals surface area contributed by atoms with E-state index in [-0.39, 0.29) is 17.8 Å². The highest BCUT2D eigenvalue weighted by atomic mass is 16.3. The van der Waals surface area contributed by atoms with Crippen molar-refractivity contribution in [3.63, 3.8) is 0 Å². The Kier molecular flexibility index (Phi) is 3.15. The molecule has 0 bridgehead atoms. The number of aromatic nitrogens is 1. The van der Waals surface area contributed by atoms with Crippen LogP contribution in [0.1, 0.15) is 41.7 Å². The average molecular weight is 257 g/mol. The molecule has 0 amide bonds. The first-order chi connectivity index (χ1) is 9.16. The smallest absolute Gasteiger partial charge is 0.168 e. The van der Waals surface area contributed by atoms with Crippen molar-refractivity contribution in [1.29, 1.82) is 0 Å². The van der Waals surface area contributed by atoms with Crippen LogP contribution in [0.25, 0.3) is 10.9 Å². The van der Waals surface area contributed by atoms with Crippen LogP contribution in [0.5, 0.6) is 0 Å². The van der Waals surface area contributed by atoms with Gasteiger partial charge in [0, 0.05) is 28.1 Å². The van der Waals surface area contributed by atoms with Crippen LogP contribution >= 0.6 is 0 Å². The summed E-state index contributed by atoms with van der Waals surface area (Å²) in [5.74, 6) is 0.308. The molecule has 1 aromatic heterocycles. The molecule has 3 heteroatoms. The summed E-state index contributed by atoms with van der Waals surface area (Å²) in [6.45, 7) is 1.96. The van der Waals surface area contributed by atoms with Gasteiger partial charge in [0.15, 0.2) is 5.78 Å². The van der Waals surface area contributed by atoms with Gasteiger partial charge in [-0.3, -0.25) is 4.79 Å². The summed E-state index contributed by atoms with van der Waals surface area (Å²) in [4.78, 5) is 16.0. The molecule has 0 atom stereocenters. The summed E-state index contributed by atoms with van der Waals surface area (Å²) in [6.07, 6.45) is 2.89. The van der Waals surface area contributed by atoms with E-state index in [1.54, 1.807) is 0 Å². The second-order valence-electron chi connectivity index (χ2n) is 5.54. The average Bonchev–Trinajstić information content (AvgIpc) is 2.74. The van der Waals surface area contributed by atoms with E-state index in [4.69, 9.17) is 0 Å². The fourth-order valence-electron chi connectivity index (χ4n) is 3.14. The van der Waals surface area contributed by atoms with E-state index in [9.17, 15) is 9.90 Å². The lowest BCUT2D eigenvalue weighted by atomic mass is 9.82. The van der Waals surface area contributed by atoms with Gasteiger partial charge in [0.2, 0.25) is 0 Å². The lowest BCUT2D eigenvalue weighted by Gasteiger charge is -2.24. The first-order valence-electron chi connectivity index (χ1n) is 6.96. The number of aliphatic hydroxyl groups is 1. The molecule has 1 aromatic carbocycles. The van der Waals surface area contributed by atoms with Crippen LogP contribution in [-0.4, -0.2) is 22.0 Å². The van der Waals surface area contributed by atoms with Crippen LogP contribution in [0.2, 0.25) is 0 Å². The van der Waals surface area contributed by atoms with E-state index < -0.39 is 0 Å². The molecule has 1 heterocycles. The Morgan fingerprint density at radius 1 is 1.21 bits per heavy atom. The third kappa shape index (κ3) is 2.19. The van der Waals surface area contributed by atoms with Gasteiger partial charge in [-0.2, -0.15) is 0 Å². The number of benzene rings is 1. The molecule has 1 aliphatic rings. The molecule has 19 heavy (non-hydrogen) atoms. The monoisotopic (exact) mass is 257 g/mol. The van der Waals surface area contributed by atoms with E-state index in [0.29, 0.717) is 0 Å². The van der Waals surface area contributed by atoms with Gasteiger partial charge in [0.05, 0.1) is 6.10 Å². The van der Waals surface area contributed by atoms with Gasteiger partial charge in [-0.25, -0.2) is 0 Å². The molecule has 100 valence electrons. The predicted octanol–water partition coefficient (Wildman–Crippen LogP) is 3.21. The molecule has 2 aromatic rings. The van der Waals surface area contributed by atoms with Crippen molar-refractivity contribution >= 4 is 16.7 Å². The number of ketones is 1. The zero-order valence-electron chi connectivity index (χ0n) is 11.1. The maximum Gasteiger partial charge on any atom is 0.168 e. The lowest BCUT2D eigenvalue weighted by Crippen LogP contribution is -2.24. The number of aromatic amines is 1. The summed E-state index contributed by atoms with van der Waals surface area (Å²) < 4.78 is 0. The Morgan fingerprint density at radius 3 is 2.63 bits per heavy atom. The first-order valence-corrected chi connectivity index (χ1v) is 6.96. The van der Waals surface area contributed by atoms with Crippen LogP contribution in [0.3, 0.4) is 0 Å². The topological polar surface area (TPSA) is 53.1 Å². The van der Waals surface area contributed by atoms with Gasteiger partial charge in [0.1, 0.15) is 0 Å². The van der Waals surface area contributed by atoms with Crippen molar-refractivity contribution in [2.75, 3.05) is 0 Å². The minimum absolute atomic E-state index is 0.0707. The van der Waals surface area contributed by atoms with E-state index in [1.807, 2.05) is 31.2 Å². The molecule has 0 aliphatic heterocycles. The zero-order valence-corrected chi connectivity index (χ0v) is 11.1. The van der Waals surface area contributed by atoms with Crippen molar-refractivity contribution in [1.82, 2.24) is 4.98 Å². The number of carbonyl (C=O) groups excluding carboxylic acids is 1. The number of hydrogen-bond acceptors (Lipinski definition) is 2. The van der Waals surface area contributed by atoms with Gasteiger partial charge >= 0.3 is 0 Å². The van der Waals surface area contributed by atoms with Crippen LogP contribution in [-0.2, 0) is 0 Å². The number of para-hydroxylation sites is 1. The highest BCUT2D eigenvalue weighted by Crippen LogP contribution is 2.31. The predicted molar refractivity (Wildman–Crippen MR) is 75.3 cm³/mol. The summed E-state index contributed by atoms with van der Waals surface area (Å²) in [5.41, 5.74) is 2.83. The number of H-pyrrole nitrogens is 1. The van der Waals surface area contributed by atoms with Gasteiger partial charge in [-0.05, 0) is 38.7 Å². The molecule has 1 aliphatic carbocycles. The Balaban J connectivity index is 1.95. The van der Waals surface area contributed by atoms with Crippen molar-refractivity contribution in [2.24, 2.45) is 5.92 Å². The second-order valence-corrected chi connectivity index (χ2v) is 5.54. The molecule has 0 radical (unpaired) electrons. The third-order valence-corrected chi connectivity index (χ3v) is 4.21. The Bertz CT molecular complexity index is 606. The van der Waals surface area contributed by atoms with Crippen molar-refractivity contribution in [2.45, 2.75) is 38.7 Å². The highest BCUT2D eigenvalue weighted by Gasteiger charge is 2.28. The molecule has 1 saturated carbocycles. The van der Waals surface area contributed by atoms with Crippen LogP contribution < -0.4 is 0 Å². The number of aliphatic hydroxyl groups excluding tert-OH is 1. The molecule has 0 spiro atoms. The highest BCUT2D eigenvalue weighted by molar-refractivity contribution is 6.10. The SMILES string of the molecule is Cc1[nH]c2ccccc2c1C(=O)C1CCC(O)CC1. The fourth-order valence-corrected chi connectivity index (χ4v) is 3.14. The molecule has 3 nitrogen and oxygen atoms in total. The summed E-state index contributed by atoms with van der Waals surface area (Å²) >= 11 is 0. The summed E-state index contributed by atoms with van der Waals surface area (Å²) in [5, 5.41) is 10.6. The van der Waals surface area contributed by atoms with Gasteiger partial charge in [0.25, 0.3) is 0 Å². The minimum atomic E-state index is -0.215. The van der Waals surface area contributed by atoms with Gasteiger partial charge < -0.3 is 10.1 Å². The summed E-state index contributed by atoms with van der Waals surface area (Å²) in [7, 11) is 0. The molecule has 0 saturated heterocycles. The molecule has 0 unspecified atom stereocenters. The minimum Gasteiger partial charge on any atom is -0.393 e. The lowest BCUT2D eigenvalue weighted by molar-refractivity contribution is 0.0765. The normalized spacial score (nSPS) is 23.7. The number of hydrogen-bond donors (Lipinski definition) is 2. The van der Waals surface area contributed by atoms with Crippen molar-refractivity contribution in [3.8, 4) is 0 Å². The standard InChI is InChI=1S/C16H19NO2/c1-10-15(13-4-2-3-5-14(13)17-10)16(19)11-6-8-12(18)9-7-11/h2-5,11-12,17-18H,6-9H2,1H3. The third-order valence-electron chi connectivity index (χ3n) is 4.21. The molecule has 2 N–H and O–H groups in total. The van der Waals surface area contributed by atoms with Crippen molar-refractivity contribution in [3.05, 3.63) is 35.5 Å². The maximum atomic E-state index is 12.7. The summed E-state index contributed by atoms with van der Waals surface area (Å²) in [6, 6.07) is 7.95. The Hall–Kier alpha value is -1.61. The van der Waals surface area contributed by atoms with E-state index in [2.05, 4.69) is 4.98 Å². The molecule has 1 fully saturated rings. The Labute approximate surface area is 112 Å². The number of carbonyl (C=O) groups is 1. The van der Waals surface area contributed by atoms with Crippen molar-refractivity contribution < 1.29 is 9.90 Å². The van der Waals surface area contributed by atoms with Gasteiger partial charge in [-0.1, -0.05) is 18.2 Å². The number of rotatable bonds is 2. The quantitative estimate of drug-likeness (QED) is 0.812. The van der Waals surface area contributed by atoms with E-state index >= 15 is 0 Å². The number of aryl methyl sites for hydroxylation is 1. The maximum absolute atomic E-state index is 12.7. The number of fused-ring (bicyclic) bond motifs is 1. The molecular formula is C16H19NO2. The number of nitrogens with one attached hydrogen (secondary N) is 1. The van der Waals surface area contributed by atoms with E-state index in [1.165, 1.54) is 0 Å².